The van der Waals surface area contributed by atoms with Gasteiger partial charge in [-0.3, -0.25) is 9.80 Å². The molecular formula is C27H36N2O2. The van der Waals surface area contributed by atoms with Crippen LogP contribution in [0.2, 0.25) is 0 Å². The molecule has 2 heterocycles. The third-order valence-electron chi connectivity index (χ3n) is 6.37. The number of likely N-dealkylation sites (tertiary alicyclic amines) is 2. The summed E-state index contributed by atoms with van der Waals surface area (Å²) in [5.74, 6) is 1.89. The molecule has 0 radical (unpaired) electrons. The smallest absolute Gasteiger partial charge is 0.119 e. The van der Waals surface area contributed by atoms with Crippen LogP contribution in [0.3, 0.4) is 0 Å². The van der Waals surface area contributed by atoms with Crippen molar-refractivity contribution < 1.29 is 9.47 Å². The molecule has 0 N–H and O–H groups in total. The second kappa shape index (κ2) is 11.4. The molecule has 4 nitrogen and oxygen atoms in total. The Morgan fingerprint density at radius 3 is 1.42 bits per heavy atom. The van der Waals surface area contributed by atoms with Gasteiger partial charge in [-0.05, 0) is 99.8 Å². The van der Waals surface area contributed by atoms with Crippen molar-refractivity contribution >= 4 is 5.57 Å². The van der Waals surface area contributed by atoms with E-state index in [-0.39, 0.29) is 0 Å². The fourth-order valence-corrected chi connectivity index (χ4v) is 4.56. The second-order valence-electron chi connectivity index (χ2n) is 8.55. The van der Waals surface area contributed by atoms with Gasteiger partial charge in [0.05, 0.1) is 0 Å². The van der Waals surface area contributed by atoms with Crippen molar-refractivity contribution in [2.45, 2.75) is 32.6 Å². The Hall–Kier alpha value is -2.30. The van der Waals surface area contributed by atoms with Crippen molar-refractivity contribution in [2.24, 2.45) is 0 Å². The minimum atomic E-state index is 0.759. The molecule has 0 unspecified atom stereocenters. The molecular weight excluding hydrogens is 384 g/mol. The van der Waals surface area contributed by atoms with Gasteiger partial charge in [0.2, 0.25) is 0 Å². The van der Waals surface area contributed by atoms with E-state index in [2.05, 4.69) is 71.3 Å². The van der Waals surface area contributed by atoms with Gasteiger partial charge >= 0.3 is 0 Å². The maximum Gasteiger partial charge on any atom is 0.119 e. The predicted molar refractivity (Wildman–Crippen MR) is 128 cm³/mol. The van der Waals surface area contributed by atoms with E-state index in [1.807, 2.05) is 0 Å². The third-order valence-corrected chi connectivity index (χ3v) is 6.37. The zero-order valence-corrected chi connectivity index (χ0v) is 18.9. The molecule has 2 aliphatic rings. The van der Waals surface area contributed by atoms with E-state index in [9.17, 15) is 0 Å². The van der Waals surface area contributed by atoms with Gasteiger partial charge in [-0.15, -0.1) is 0 Å². The first-order chi connectivity index (χ1) is 15.3. The lowest BCUT2D eigenvalue weighted by Crippen LogP contribution is -2.25. The Bertz CT molecular complexity index is 750. The van der Waals surface area contributed by atoms with Crippen LogP contribution in [0.5, 0.6) is 11.5 Å². The molecule has 31 heavy (non-hydrogen) atoms. The van der Waals surface area contributed by atoms with Gasteiger partial charge in [-0.25, -0.2) is 0 Å². The van der Waals surface area contributed by atoms with Crippen molar-refractivity contribution in [3.8, 4) is 11.5 Å². The molecule has 0 saturated carbocycles. The summed E-state index contributed by atoms with van der Waals surface area (Å²) in [7, 11) is 0. The van der Waals surface area contributed by atoms with E-state index in [0.29, 0.717) is 0 Å². The van der Waals surface area contributed by atoms with Crippen molar-refractivity contribution in [1.82, 2.24) is 9.80 Å². The van der Waals surface area contributed by atoms with Gasteiger partial charge in [-0.2, -0.15) is 0 Å². The normalized spacial score (nSPS) is 17.1. The van der Waals surface area contributed by atoms with E-state index < -0.39 is 0 Å². The lowest BCUT2D eigenvalue weighted by Gasteiger charge is -2.16. The van der Waals surface area contributed by atoms with Gasteiger partial charge in [0, 0.05) is 13.1 Å². The van der Waals surface area contributed by atoms with Crippen molar-refractivity contribution in [3.63, 3.8) is 0 Å². The topological polar surface area (TPSA) is 24.9 Å². The summed E-state index contributed by atoms with van der Waals surface area (Å²) in [5.41, 5.74) is 3.64. The molecule has 0 aliphatic carbocycles. The fraction of sp³-hybridized carbons (Fsp3) is 0.481. The highest BCUT2D eigenvalue weighted by Gasteiger charge is 2.12. The van der Waals surface area contributed by atoms with Crippen molar-refractivity contribution in [2.75, 3.05) is 52.5 Å². The summed E-state index contributed by atoms with van der Waals surface area (Å²) < 4.78 is 11.9. The Morgan fingerprint density at radius 2 is 1.06 bits per heavy atom. The first-order valence-corrected chi connectivity index (χ1v) is 11.9. The molecule has 2 aromatic rings. The Kier molecular flexibility index (Phi) is 8.03. The van der Waals surface area contributed by atoms with Crippen LogP contribution in [0.15, 0.2) is 54.6 Å². The van der Waals surface area contributed by atoms with Gasteiger partial charge < -0.3 is 9.47 Å². The monoisotopic (exact) mass is 420 g/mol. The number of ether oxygens (including phenoxy) is 2. The average molecular weight is 421 g/mol. The molecule has 2 saturated heterocycles. The lowest BCUT2D eigenvalue weighted by atomic mass is 9.97. The number of nitrogens with zero attached hydrogens (tertiary/aromatic N) is 2. The Morgan fingerprint density at radius 1 is 0.677 bits per heavy atom. The van der Waals surface area contributed by atoms with Crippen LogP contribution >= 0.6 is 0 Å². The van der Waals surface area contributed by atoms with Crippen LogP contribution in [0.1, 0.15) is 43.7 Å². The second-order valence-corrected chi connectivity index (χ2v) is 8.55. The average Bonchev–Trinajstić information content (AvgIpc) is 3.51. The summed E-state index contributed by atoms with van der Waals surface area (Å²) in [5, 5.41) is 0. The van der Waals surface area contributed by atoms with Crippen LogP contribution in [0.25, 0.3) is 5.57 Å². The van der Waals surface area contributed by atoms with Gasteiger partial charge in [0.15, 0.2) is 0 Å². The van der Waals surface area contributed by atoms with E-state index in [4.69, 9.17) is 9.47 Å². The highest BCUT2D eigenvalue weighted by atomic mass is 16.5. The highest BCUT2D eigenvalue weighted by molar-refractivity contribution is 5.80. The molecule has 4 rings (SSSR count). The largest absolute Gasteiger partial charge is 0.492 e. The third kappa shape index (κ3) is 6.34. The lowest BCUT2D eigenvalue weighted by molar-refractivity contribution is 0.237. The first kappa shape index (κ1) is 21.9. The Labute approximate surface area is 187 Å². The SMILES string of the molecule is CC=C(c1ccc(OCCN2CCCC2)cc1)c1ccc(OCCN2CCCC2)cc1. The van der Waals surface area contributed by atoms with Gasteiger partial charge in [0.25, 0.3) is 0 Å². The summed E-state index contributed by atoms with van der Waals surface area (Å²) in [6, 6.07) is 16.9. The van der Waals surface area contributed by atoms with E-state index in [1.54, 1.807) is 0 Å². The number of hydrogen-bond donors (Lipinski definition) is 0. The molecule has 2 aromatic carbocycles. The van der Waals surface area contributed by atoms with Gasteiger partial charge in [0.1, 0.15) is 24.7 Å². The fourth-order valence-electron chi connectivity index (χ4n) is 4.56. The summed E-state index contributed by atoms with van der Waals surface area (Å²) in [6.45, 7) is 10.5. The van der Waals surface area contributed by atoms with Crippen molar-refractivity contribution in [3.05, 3.63) is 65.7 Å². The van der Waals surface area contributed by atoms with Crippen LogP contribution in [0, 0.1) is 0 Å². The quantitative estimate of drug-likeness (QED) is 0.535. The van der Waals surface area contributed by atoms with Crippen LogP contribution < -0.4 is 9.47 Å². The minimum Gasteiger partial charge on any atom is -0.492 e. The van der Waals surface area contributed by atoms with Crippen LogP contribution in [0.4, 0.5) is 0 Å². The molecule has 2 fully saturated rings. The molecule has 2 aliphatic heterocycles. The molecule has 0 bridgehead atoms. The minimum absolute atomic E-state index is 0.759. The molecule has 0 amide bonds. The van der Waals surface area contributed by atoms with Crippen LogP contribution in [-0.4, -0.2) is 62.3 Å². The first-order valence-electron chi connectivity index (χ1n) is 11.9. The molecule has 166 valence electrons. The number of benzene rings is 2. The number of rotatable bonds is 10. The number of hydrogen-bond acceptors (Lipinski definition) is 4. The van der Waals surface area contributed by atoms with Crippen molar-refractivity contribution in [1.29, 1.82) is 0 Å². The number of allylic oxidation sites excluding steroid dienone is 1. The van der Waals surface area contributed by atoms with E-state index >= 15 is 0 Å². The summed E-state index contributed by atoms with van der Waals surface area (Å²) >= 11 is 0. The molecule has 0 spiro atoms. The van der Waals surface area contributed by atoms with Crippen LogP contribution in [-0.2, 0) is 0 Å². The highest BCUT2D eigenvalue weighted by Crippen LogP contribution is 2.27. The standard InChI is InChI=1S/C27H36N2O2/c1-2-27(23-7-11-25(12-8-23)30-21-19-28-15-3-4-16-28)24-9-13-26(14-10-24)31-22-20-29-17-5-6-18-29/h2,7-14H,3-6,15-22H2,1H3. The molecule has 0 atom stereocenters. The zero-order valence-electron chi connectivity index (χ0n) is 18.9. The van der Waals surface area contributed by atoms with E-state index in [0.717, 1.165) is 37.8 Å². The zero-order chi connectivity index (χ0) is 21.3. The molecule has 0 aromatic heterocycles. The summed E-state index contributed by atoms with van der Waals surface area (Å²) in [6.07, 6.45) is 7.48. The Balaban J connectivity index is 1.28. The maximum absolute atomic E-state index is 5.95. The van der Waals surface area contributed by atoms with Gasteiger partial charge in [-0.1, -0.05) is 30.3 Å². The van der Waals surface area contributed by atoms with E-state index in [1.165, 1.54) is 68.6 Å². The molecule has 4 heteroatoms. The maximum atomic E-state index is 5.95. The predicted octanol–water partition coefficient (Wildman–Crippen LogP) is 5.09. The summed E-state index contributed by atoms with van der Waals surface area (Å²) in [4.78, 5) is 4.96.